The number of carbonyl (C=O) groups excluding carboxylic acids is 1. The quantitative estimate of drug-likeness (QED) is 0.756. The Kier molecular flexibility index (Phi) is 6.69. The summed E-state index contributed by atoms with van der Waals surface area (Å²) in [5.41, 5.74) is 1.66. The number of hydrogen-bond donors (Lipinski definition) is 2. The van der Waals surface area contributed by atoms with Crippen LogP contribution < -0.4 is 0 Å². The number of carboxylic acids is 1. The molecule has 24 heavy (non-hydrogen) atoms. The third-order valence-electron chi connectivity index (χ3n) is 3.47. The molecule has 0 bridgehead atoms. The van der Waals surface area contributed by atoms with Crippen LogP contribution in [0.1, 0.15) is 11.1 Å². The lowest BCUT2D eigenvalue weighted by Crippen LogP contribution is -2.46. The first-order valence-electron chi connectivity index (χ1n) is 7.46. The van der Waals surface area contributed by atoms with E-state index in [-0.39, 0.29) is 18.9 Å². The van der Waals surface area contributed by atoms with Gasteiger partial charge in [0, 0.05) is 12.3 Å². The van der Waals surface area contributed by atoms with Crippen molar-refractivity contribution < 1.29 is 19.4 Å². The number of ether oxygens (including phenoxy) is 1. The maximum absolute atomic E-state index is 12.4. The summed E-state index contributed by atoms with van der Waals surface area (Å²) in [6.45, 7) is 0.232. The minimum absolute atomic E-state index is 0.00258. The van der Waals surface area contributed by atoms with Crippen molar-refractivity contribution in [3.63, 3.8) is 0 Å². The number of nitrogens with zero attached hydrogens (tertiary/aromatic N) is 1. The highest BCUT2D eigenvalue weighted by Gasteiger charge is 2.29. The minimum Gasteiger partial charge on any atom is -0.480 e. The number of aliphatic carboxylic acids is 1. The number of thiol groups is 1. The Hall–Kier alpha value is -2.47. The molecule has 6 heteroatoms. The Morgan fingerprint density at radius 1 is 1.00 bits per heavy atom. The fourth-order valence-electron chi connectivity index (χ4n) is 2.19. The van der Waals surface area contributed by atoms with Crippen LogP contribution in [0.2, 0.25) is 0 Å². The van der Waals surface area contributed by atoms with E-state index in [1.807, 2.05) is 60.7 Å². The lowest BCUT2D eigenvalue weighted by Gasteiger charge is -2.27. The number of rotatable bonds is 7. The second-order valence-corrected chi connectivity index (χ2v) is 5.56. The van der Waals surface area contributed by atoms with E-state index in [0.717, 1.165) is 11.1 Å². The predicted octanol–water partition coefficient (Wildman–Crippen LogP) is 3.21. The predicted molar refractivity (Wildman–Crippen MR) is 93.9 cm³/mol. The highest BCUT2D eigenvalue weighted by Crippen LogP contribution is 2.13. The molecule has 0 saturated heterocycles. The zero-order chi connectivity index (χ0) is 17.4. The number of carboxylic acid groups (broad SMARTS) is 1. The molecule has 0 spiro atoms. The van der Waals surface area contributed by atoms with Gasteiger partial charge in [0.1, 0.15) is 12.6 Å². The first kappa shape index (κ1) is 17.9. The lowest BCUT2D eigenvalue weighted by molar-refractivity contribution is -0.142. The second kappa shape index (κ2) is 8.98. The van der Waals surface area contributed by atoms with E-state index >= 15 is 0 Å². The Bertz CT molecular complexity index is 663. The maximum Gasteiger partial charge on any atom is 0.411 e. The van der Waals surface area contributed by atoms with Gasteiger partial charge in [-0.3, -0.25) is 4.90 Å². The molecule has 2 aromatic carbocycles. The van der Waals surface area contributed by atoms with E-state index in [2.05, 4.69) is 12.6 Å². The summed E-state index contributed by atoms with van der Waals surface area (Å²) in [6.07, 6.45) is -0.677. The van der Waals surface area contributed by atoms with Crippen molar-refractivity contribution in [2.45, 2.75) is 19.2 Å². The largest absolute Gasteiger partial charge is 0.480 e. The summed E-state index contributed by atoms with van der Waals surface area (Å²) in [5, 5.41) is 9.36. The molecule has 0 unspecified atom stereocenters. The van der Waals surface area contributed by atoms with Crippen molar-refractivity contribution in [3.05, 3.63) is 71.8 Å². The van der Waals surface area contributed by atoms with Crippen LogP contribution in [0.15, 0.2) is 60.7 Å². The van der Waals surface area contributed by atoms with Crippen molar-refractivity contribution >= 4 is 24.7 Å². The molecule has 1 amide bonds. The van der Waals surface area contributed by atoms with E-state index in [1.54, 1.807) is 0 Å². The van der Waals surface area contributed by atoms with Crippen LogP contribution in [-0.4, -0.2) is 33.9 Å². The third kappa shape index (κ3) is 5.03. The molecule has 0 aliphatic carbocycles. The first-order chi connectivity index (χ1) is 11.6. The zero-order valence-electron chi connectivity index (χ0n) is 13.0. The molecular weight excluding hydrogens is 326 g/mol. The van der Waals surface area contributed by atoms with Gasteiger partial charge in [-0.1, -0.05) is 60.7 Å². The van der Waals surface area contributed by atoms with Crippen LogP contribution in [0.4, 0.5) is 4.79 Å². The summed E-state index contributed by atoms with van der Waals surface area (Å²) >= 11 is 4.06. The van der Waals surface area contributed by atoms with Gasteiger partial charge < -0.3 is 9.84 Å². The van der Waals surface area contributed by atoms with Crippen molar-refractivity contribution in [2.24, 2.45) is 0 Å². The summed E-state index contributed by atoms with van der Waals surface area (Å²) in [4.78, 5) is 25.1. The number of benzene rings is 2. The summed E-state index contributed by atoms with van der Waals surface area (Å²) < 4.78 is 5.29. The number of carbonyl (C=O) groups is 2. The molecule has 1 N–H and O–H groups in total. The van der Waals surface area contributed by atoms with Gasteiger partial charge in [0.2, 0.25) is 0 Å². The van der Waals surface area contributed by atoms with Crippen LogP contribution >= 0.6 is 12.6 Å². The van der Waals surface area contributed by atoms with Gasteiger partial charge in [-0.15, -0.1) is 0 Å². The molecule has 0 fully saturated rings. The molecule has 126 valence electrons. The molecule has 0 heterocycles. The summed E-state index contributed by atoms with van der Waals surface area (Å²) in [7, 11) is 0. The van der Waals surface area contributed by atoms with Gasteiger partial charge >= 0.3 is 12.1 Å². The SMILES string of the molecule is O=C(O)[C@H](CS)N(Cc1ccccc1)C(=O)OCc1ccccc1. The first-order valence-corrected chi connectivity index (χ1v) is 8.10. The normalized spacial score (nSPS) is 11.5. The van der Waals surface area contributed by atoms with Crippen LogP contribution in [0.3, 0.4) is 0 Å². The maximum atomic E-state index is 12.4. The third-order valence-corrected chi connectivity index (χ3v) is 3.82. The fraction of sp³-hybridized carbons (Fsp3) is 0.222. The van der Waals surface area contributed by atoms with Gasteiger partial charge in [0.25, 0.3) is 0 Å². The van der Waals surface area contributed by atoms with Gasteiger partial charge in [-0.05, 0) is 11.1 Å². The molecule has 0 aliphatic heterocycles. The Balaban J connectivity index is 2.11. The minimum atomic E-state index is -1.11. The van der Waals surface area contributed by atoms with Crippen LogP contribution in [0, 0.1) is 0 Å². The number of amides is 1. The monoisotopic (exact) mass is 345 g/mol. The molecule has 2 rings (SSSR count). The second-order valence-electron chi connectivity index (χ2n) is 5.19. The van der Waals surface area contributed by atoms with Crippen LogP contribution in [0.5, 0.6) is 0 Å². The van der Waals surface area contributed by atoms with E-state index in [4.69, 9.17) is 4.74 Å². The topological polar surface area (TPSA) is 66.8 Å². The molecule has 0 aromatic heterocycles. The average molecular weight is 345 g/mol. The van der Waals surface area contributed by atoms with Crippen LogP contribution in [0.25, 0.3) is 0 Å². The van der Waals surface area contributed by atoms with Crippen LogP contribution in [-0.2, 0) is 22.7 Å². The molecule has 1 atom stereocenters. The molecule has 0 aliphatic rings. The van der Waals surface area contributed by atoms with E-state index in [9.17, 15) is 14.7 Å². The van der Waals surface area contributed by atoms with Crippen molar-refractivity contribution in [1.29, 1.82) is 0 Å². The number of hydrogen-bond acceptors (Lipinski definition) is 4. The molecular formula is C18H19NO4S. The van der Waals surface area contributed by atoms with E-state index in [1.165, 1.54) is 4.90 Å². The van der Waals surface area contributed by atoms with Gasteiger partial charge in [0.05, 0.1) is 0 Å². The van der Waals surface area contributed by atoms with Crippen molar-refractivity contribution in [1.82, 2.24) is 4.90 Å². The summed E-state index contributed by atoms with van der Waals surface area (Å²) in [5.74, 6) is -1.11. The van der Waals surface area contributed by atoms with Gasteiger partial charge in [0.15, 0.2) is 0 Å². The Labute approximate surface area is 146 Å². The fourth-order valence-corrected chi connectivity index (χ4v) is 2.55. The van der Waals surface area contributed by atoms with Gasteiger partial charge in [-0.25, -0.2) is 9.59 Å². The van der Waals surface area contributed by atoms with Crippen molar-refractivity contribution in [3.8, 4) is 0 Å². The molecule has 0 radical (unpaired) electrons. The zero-order valence-corrected chi connectivity index (χ0v) is 13.9. The molecule has 2 aromatic rings. The molecule has 5 nitrogen and oxygen atoms in total. The summed E-state index contributed by atoms with van der Waals surface area (Å²) in [6, 6.07) is 17.4. The highest BCUT2D eigenvalue weighted by molar-refractivity contribution is 7.80. The average Bonchev–Trinajstić information content (AvgIpc) is 2.61. The Morgan fingerprint density at radius 2 is 1.54 bits per heavy atom. The van der Waals surface area contributed by atoms with Gasteiger partial charge in [-0.2, -0.15) is 12.6 Å². The smallest absolute Gasteiger partial charge is 0.411 e. The molecule has 0 saturated carbocycles. The highest BCUT2D eigenvalue weighted by atomic mass is 32.1. The lowest BCUT2D eigenvalue weighted by atomic mass is 10.2. The van der Waals surface area contributed by atoms with E-state index in [0.29, 0.717) is 0 Å². The van der Waals surface area contributed by atoms with Crippen molar-refractivity contribution in [2.75, 3.05) is 5.75 Å². The van der Waals surface area contributed by atoms with E-state index < -0.39 is 18.1 Å². The Morgan fingerprint density at radius 3 is 2.04 bits per heavy atom. The standard InChI is InChI=1S/C18H19NO4S/c20-17(21)16(13-24)19(11-14-7-3-1-4-8-14)18(22)23-12-15-9-5-2-6-10-15/h1-10,16,24H,11-13H2,(H,20,21)/t16-/m0/s1.